The molecule has 0 fully saturated rings. The molecule has 0 bridgehead atoms. The number of carbonyl (C=O) groups excluding carboxylic acids is 1. The number of nitrogens with zero attached hydrogens (tertiary/aromatic N) is 1. The van der Waals surface area contributed by atoms with Crippen LogP contribution in [0, 0.1) is 0 Å². The van der Waals surface area contributed by atoms with E-state index in [9.17, 15) is 9.59 Å². The summed E-state index contributed by atoms with van der Waals surface area (Å²) >= 11 is 0. The van der Waals surface area contributed by atoms with Gasteiger partial charge in [0, 0.05) is 6.42 Å². The zero-order valence-electron chi connectivity index (χ0n) is 13.6. The summed E-state index contributed by atoms with van der Waals surface area (Å²) in [5.74, 6) is -0.876. The highest BCUT2D eigenvalue weighted by molar-refractivity contribution is 5.90. The second kappa shape index (κ2) is 6.79. The lowest BCUT2D eigenvalue weighted by Gasteiger charge is -2.28. The van der Waals surface area contributed by atoms with Crippen LogP contribution in [-0.2, 0) is 20.8 Å². The van der Waals surface area contributed by atoms with Crippen molar-refractivity contribution in [1.82, 2.24) is 0 Å². The summed E-state index contributed by atoms with van der Waals surface area (Å²) in [4.78, 5) is 28.1. The first kappa shape index (κ1) is 17.0. The maximum Gasteiger partial charge on any atom is 0.303 e. The summed E-state index contributed by atoms with van der Waals surface area (Å²) in [5.41, 5.74) is 0.800. The second-order valence-electron chi connectivity index (χ2n) is 6.36. The Bertz CT molecular complexity index is 719. The van der Waals surface area contributed by atoms with Crippen molar-refractivity contribution in [2.45, 2.75) is 39.2 Å². The lowest BCUT2D eigenvalue weighted by molar-refractivity contribution is -0.136. The minimum absolute atomic E-state index is 0.00639. The molecule has 0 aliphatic carbocycles. The van der Waals surface area contributed by atoms with E-state index in [0.717, 1.165) is 16.3 Å². The van der Waals surface area contributed by atoms with Crippen LogP contribution in [0.5, 0.6) is 0 Å². The third kappa shape index (κ3) is 4.53. The summed E-state index contributed by atoms with van der Waals surface area (Å²) in [6.45, 7) is 5.55. The van der Waals surface area contributed by atoms with Gasteiger partial charge >= 0.3 is 5.97 Å². The number of fused-ring (bicyclic) bond motifs is 1. The number of anilines is 1. The van der Waals surface area contributed by atoms with E-state index >= 15 is 0 Å². The van der Waals surface area contributed by atoms with E-state index in [-0.39, 0.29) is 6.42 Å². The van der Waals surface area contributed by atoms with Crippen molar-refractivity contribution >= 4 is 28.8 Å². The zero-order chi connectivity index (χ0) is 17.0. The van der Waals surface area contributed by atoms with E-state index in [0.29, 0.717) is 18.5 Å². The van der Waals surface area contributed by atoms with Crippen molar-refractivity contribution in [3.05, 3.63) is 42.0 Å². The van der Waals surface area contributed by atoms with Crippen molar-refractivity contribution < 1.29 is 19.5 Å². The monoisotopic (exact) mass is 315 g/mol. The van der Waals surface area contributed by atoms with Gasteiger partial charge in [-0.05, 0) is 55.7 Å². The van der Waals surface area contributed by atoms with Gasteiger partial charge in [0.05, 0.1) is 11.3 Å². The van der Waals surface area contributed by atoms with Gasteiger partial charge in [-0.2, -0.15) is 5.06 Å². The number of carbonyl (C=O) groups is 2. The molecule has 1 N–H and O–H groups in total. The highest BCUT2D eigenvalue weighted by Crippen LogP contribution is 2.29. The van der Waals surface area contributed by atoms with Crippen LogP contribution in [0.15, 0.2) is 36.4 Å². The molecule has 5 heteroatoms. The van der Waals surface area contributed by atoms with E-state index < -0.39 is 11.6 Å². The summed E-state index contributed by atoms with van der Waals surface area (Å²) in [6, 6.07) is 11.5. The molecule has 1 amide bonds. The van der Waals surface area contributed by atoms with Gasteiger partial charge in [0.15, 0.2) is 0 Å². The Morgan fingerprint density at radius 3 is 2.35 bits per heavy atom. The fourth-order valence-corrected chi connectivity index (χ4v) is 2.34. The molecule has 0 radical (unpaired) electrons. The molecule has 0 aromatic heterocycles. The maximum atomic E-state index is 11.5. The molecule has 122 valence electrons. The van der Waals surface area contributed by atoms with Crippen LogP contribution in [0.4, 0.5) is 5.69 Å². The molecule has 0 saturated carbocycles. The number of hydrogen-bond acceptors (Lipinski definition) is 3. The predicted molar refractivity (Wildman–Crippen MR) is 89.3 cm³/mol. The first-order chi connectivity index (χ1) is 10.8. The largest absolute Gasteiger partial charge is 0.481 e. The highest BCUT2D eigenvalue weighted by atomic mass is 16.7. The molecule has 0 aliphatic heterocycles. The number of hydroxylamine groups is 1. The minimum Gasteiger partial charge on any atom is -0.481 e. The first-order valence-corrected chi connectivity index (χ1v) is 7.47. The fraction of sp³-hybridized carbons (Fsp3) is 0.333. The topological polar surface area (TPSA) is 66.8 Å². The molecule has 0 atom stereocenters. The molecule has 0 saturated heterocycles. The average molecular weight is 315 g/mol. The van der Waals surface area contributed by atoms with Crippen LogP contribution in [0.3, 0.4) is 0 Å². The quantitative estimate of drug-likeness (QED) is 0.654. The first-order valence-electron chi connectivity index (χ1n) is 7.47. The van der Waals surface area contributed by atoms with Gasteiger partial charge in [0.2, 0.25) is 6.41 Å². The van der Waals surface area contributed by atoms with Gasteiger partial charge in [-0.3, -0.25) is 14.4 Å². The molecular weight excluding hydrogens is 294 g/mol. The standard InChI is InChI=1S/C18H21NO4/c1-18(2,3)23-19(12-20)16-11-14-7-5-4-6-13(14)10-15(16)8-9-17(21)22/h4-7,10-12H,8-9H2,1-3H3,(H,21,22). The van der Waals surface area contributed by atoms with Crippen LogP contribution >= 0.6 is 0 Å². The van der Waals surface area contributed by atoms with Gasteiger partial charge < -0.3 is 5.11 Å². The molecule has 23 heavy (non-hydrogen) atoms. The van der Waals surface area contributed by atoms with Gasteiger partial charge in [-0.1, -0.05) is 24.3 Å². The van der Waals surface area contributed by atoms with Crippen molar-refractivity contribution in [2.24, 2.45) is 0 Å². The Labute approximate surface area is 135 Å². The average Bonchev–Trinajstić information content (AvgIpc) is 2.48. The smallest absolute Gasteiger partial charge is 0.303 e. The van der Waals surface area contributed by atoms with Crippen LogP contribution in [-0.4, -0.2) is 23.1 Å². The molecule has 0 heterocycles. The third-order valence-electron chi connectivity index (χ3n) is 3.26. The SMILES string of the molecule is CC(C)(C)ON(C=O)c1cc2ccccc2cc1CCC(=O)O. The summed E-state index contributed by atoms with van der Waals surface area (Å²) < 4.78 is 0. The summed E-state index contributed by atoms with van der Waals surface area (Å²) in [5, 5.41) is 12.1. The Hall–Kier alpha value is -2.40. The molecule has 5 nitrogen and oxygen atoms in total. The third-order valence-corrected chi connectivity index (χ3v) is 3.26. The Balaban J connectivity index is 2.50. The minimum atomic E-state index is -0.876. The number of aryl methyl sites for hydroxylation is 1. The number of carboxylic acid groups (broad SMARTS) is 1. The van der Waals surface area contributed by atoms with E-state index in [2.05, 4.69) is 0 Å². The number of rotatable bonds is 6. The molecule has 2 rings (SSSR count). The van der Waals surface area contributed by atoms with Crippen LogP contribution in [0.2, 0.25) is 0 Å². The van der Waals surface area contributed by atoms with E-state index in [1.807, 2.05) is 57.2 Å². The number of aliphatic carboxylic acids is 1. The molecule has 2 aromatic carbocycles. The Kier molecular flexibility index (Phi) is 5.01. The van der Waals surface area contributed by atoms with Crippen LogP contribution in [0.1, 0.15) is 32.8 Å². The van der Waals surface area contributed by atoms with Crippen molar-refractivity contribution in [3.8, 4) is 0 Å². The van der Waals surface area contributed by atoms with Gasteiger partial charge in [0.1, 0.15) is 0 Å². The molecule has 0 spiro atoms. The summed E-state index contributed by atoms with van der Waals surface area (Å²) in [6.07, 6.45) is 0.931. The zero-order valence-corrected chi connectivity index (χ0v) is 13.6. The predicted octanol–water partition coefficient (Wildman–Crippen LogP) is 3.55. The number of benzene rings is 2. The van der Waals surface area contributed by atoms with Crippen molar-refractivity contribution in [2.75, 3.05) is 5.06 Å². The Morgan fingerprint density at radius 1 is 1.22 bits per heavy atom. The Morgan fingerprint density at radius 2 is 1.83 bits per heavy atom. The molecular formula is C18H21NO4. The lowest BCUT2D eigenvalue weighted by Crippen LogP contribution is -2.33. The summed E-state index contributed by atoms with van der Waals surface area (Å²) in [7, 11) is 0. The van der Waals surface area contributed by atoms with Crippen molar-refractivity contribution in [3.63, 3.8) is 0 Å². The van der Waals surface area contributed by atoms with E-state index in [1.165, 1.54) is 5.06 Å². The fourth-order valence-electron chi connectivity index (χ4n) is 2.34. The lowest BCUT2D eigenvalue weighted by atomic mass is 10.0. The van der Waals surface area contributed by atoms with Crippen molar-refractivity contribution in [1.29, 1.82) is 0 Å². The van der Waals surface area contributed by atoms with Gasteiger partial charge in [-0.15, -0.1) is 0 Å². The van der Waals surface area contributed by atoms with E-state index in [1.54, 1.807) is 0 Å². The number of hydrogen-bond donors (Lipinski definition) is 1. The molecule has 2 aromatic rings. The van der Waals surface area contributed by atoms with Crippen LogP contribution < -0.4 is 5.06 Å². The highest BCUT2D eigenvalue weighted by Gasteiger charge is 2.20. The van der Waals surface area contributed by atoms with E-state index in [4.69, 9.17) is 9.94 Å². The van der Waals surface area contributed by atoms with Gasteiger partial charge in [-0.25, -0.2) is 0 Å². The maximum absolute atomic E-state index is 11.5. The molecule has 0 unspecified atom stereocenters. The molecule has 0 aliphatic rings. The van der Waals surface area contributed by atoms with Crippen LogP contribution in [0.25, 0.3) is 10.8 Å². The normalized spacial score (nSPS) is 11.4. The second-order valence-corrected chi connectivity index (χ2v) is 6.36. The number of carboxylic acids is 1. The number of amides is 1. The van der Waals surface area contributed by atoms with Gasteiger partial charge in [0.25, 0.3) is 0 Å².